The Morgan fingerprint density at radius 1 is 0.288 bits per heavy atom. The first kappa shape index (κ1) is 68.6. The summed E-state index contributed by atoms with van der Waals surface area (Å²) in [6, 6.07) is 0. The number of unbranched alkanes of at least 4 members (excludes halogenated alkanes) is 19. The molecule has 73 heavy (non-hydrogen) atoms. The normalized spacial score (nSPS) is 13.1. The molecule has 0 aliphatic rings. The third-order valence-electron chi connectivity index (χ3n) is 12.1. The lowest BCUT2D eigenvalue weighted by Crippen LogP contribution is -2.30. The van der Waals surface area contributed by atoms with Crippen molar-refractivity contribution in [2.45, 2.75) is 258 Å². The van der Waals surface area contributed by atoms with Crippen LogP contribution < -0.4 is 0 Å². The van der Waals surface area contributed by atoms with Crippen LogP contribution in [0.3, 0.4) is 0 Å². The van der Waals surface area contributed by atoms with Gasteiger partial charge in [0, 0.05) is 19.3 Å². The molecule has 0 aromatic carbocycles. The van der Waals surface area contributed by atoms with Gasteiger partial charge in [-0.3, -0.25) is 14.4 Å². The minimum atomic E-state index is -0.844. The minimum Gasteiger partial charge on any atom is -0.462 e. The molecule has 0 spiro atoms. The van der Waals surface area contributed by atoms with Crippen molar-refractivity contribution in [3.63, 3.8) is 0 Å². The van der Waals surface area contributed by atoms with Crippen LogP contribution in [0.25, 0.3) is 0 Å². The molecule has 0 rings (SSSR count). The smallest absolute Gasteiger partial charge is 0.306 e. The van der Waals surface area contributed by atoms with Gasteiger partial charge in [0.05, 0.1) is 0 Å². The van der Waals surface area contributed by atoms with Crippen LogP contribution in [-0.2, 0) is 28.6 Å². The summed E-state index contributed by atoms with van der Waals surface area (Å²) in [5, 5.41) is 0. The van der Waals surface area contributed by atoms with Crippen molar-refractivity contribution in [2.75, 3.05) is 13.2 Å². The predicted molar refractivity (Wildman–Crippen MR) is 316 cm³/mol. The molecule has 0 saturated heterocycles. The summed E-state index contributed by atoms with van der Waals surface area (Å²) in [6.07, 6.45) is 84.6. The molecule has 1 atom stereocenters. The van der Waals surface area contributed by atoms with Gasteiger partial charge in [-0.2, -0.15) is 0 Å². The zero-order valence-corrected chi connectivity index (χ0v) is 47.1. The fraction of sp³-hybridized carbons (Fsp3) is 0.627. The van der Waals surface area contributed by atoms with E-state index in [0.717, 1.165) is 83.5 Å². The molecule has 0 fully saturated rings. The predicted octanol–water partition coefficient (Wildman–Crippen LogP) is 20.2. The van der Waals surface area contributed by atoms with Crippen molar-refractivity contribution in [1.82, 2.24) is 0 Å². The summed E-state index contributed by atoms with van der Waals surface area (Å²) >= 11 is 0. The van der Waals surface area contributed by atoms with E-state index in [0.29, 0.717) is 19.3 Å². The molecule has 0 aromatic heterocycles. The fourth-order valence-electron chi connectivity index (χ4n) is 7.69. The van der Waals surface area contributed by atoms with Gasteiger partial charge in [0.1, 0.15) is 13.2 Å². The lowest BCUT2D eigenvalue weighted by atomic mass is 10.1. The van der Waals surface area contributed by atoms with Crippen molar-refractivity contribution in [2.24, 2.45) is 0 Å². The third kappa shape index (κ3) is 58.3. The number of hydrogen-bond donors (Lipinski definition) is 0. The standard InChI is InChI=1S/C67H108O6/c1-4-7-10-13-16-19-22-25-28-31-33-36-38-41-44-47-50-53-56-59-65(68)71-62-64(73-67(70)61-58-55-52-49-46-43-40-35-30-27-24-21-18-15-12-9-6-3)63-72-66(69)60-57-54-51-48-45-42-39-37-34-32-29-26-23-20-17-14-11-8-5-2/h7,10,16,18-19,21,25-30,33,36,40-41,43-44,49-50,52-53,64H,4-6,8-9,11-15,17,20,22-24,31-32,34-35,37-39,42,45-48,51,54-63H2,1-3H3/b10-7-,19-16-,21-18-,28-25-,29-26-,30-27-,36-33-,43-40-,44-41-,52-49-,53-50-/t64-/m1/s1. The number of allylic oxidation sites excluding steroid dienone is 22. The van der Waals surface area contributed by atoms with Gasteiger partial charge in [-0.25, -0.2) is 0 Å². The van der Waals surface area contributed by atoms with Gasteiger partial charge >= 0.3 is 17.9 Å². The summed E-state index contributed by atoms with van der Waals surface area (Å²) in [7, 11) is 0. The zero-order chi connectivity index (χ0) is 52.9. The lowest BCUT2D eigenvalue weighted by Gasteiger charge is -2.18. The average molecular weight is 1010 g/mol. The van der Waals surface area contributed by atoms with Gasteiger partial charge in [0.15, 0.2) is 6.10 Å². The van der Waals surface area contributed by atoms with E-state index in [2.05, 4.69) is 142 Å². The molecule has 412 valence electrons. The van der Waals surface area contributed by atoms with E-state index in [4.69, 9.17) is 14.2 Å². The van der Waals surface area contributed by atoms with Crippen LogP contribution in [0.2, 0.25) is 0 Å². The van der Waals surface area contributed by atoms with Crippen molar-refractivity contribution < 1.29 is 28.6 Å². The molecular weight excluding hydrogens is 901 g/mol. The number of hydrogen-bond acceptors (Lipinski definition) is 6. The molecule has 0 amide bonds. The first-order valence-corrected chi connectivity index (χ1v) is 29.7. The second-order valence-corrected chi connectivity index (χ2v) is 19.2. The summed E-state index contributed by atoms with van der Waals surface area (Å²) in [5.74, 6) is -1.08. The average Bonchev–Trinajstić information content (AvgIpc) is 3.39. The number of carbonyl (C=O) groups is 3. The molecule has 0 bridgehead atoms. The maximum absolute atomic E-state index is 12.8. The van der Waals surface area contributed by atoms with Crippen LogP contribution in [0.1, 0.15) is 252 Å². The maximum Gasteiger partial charge on any atom is 0.306 e. The fourth-order valence-corrected chi connectivity index (χ4v) is 7.69. The quantitative estimate of drug-likeness (QED) is 0.0261. The second kappa shape index (κ2) is 60.1. The Bertz CT molecular complexity index is 1580. The number of rotatable bonds is 52. The molecule has 6 nitrogen and oxygen atoms in total. The molecule has 0 aromatic rings. The second-order valence-electron chi connectivity index (χ2n) is 19.2. The third-order valence-corrected chi connectivity index (χ3v) is 12.1. The van der Waals surface area contributed by atoms with Gasteiger partial charge in [-0.1, -0.05) is 244 Å². The molecular formula is C67H108O6. The van der Waals surface area contributed by atoms with Crippen molar-refractivity contribution in [3.8, 4) is 0 Å². The van der Waals surface area contributed by atoms with Crippen LogP contribution in [0.5, 0.6) is 0 Å². The molecule has 0 radical (unpaired) electrons. The Kier molecular flexibility index (Phi) is 56.4. The van der Waals surface area contributed by atoms with Crippen LogP contribution in [0, 0.1) is 0 Å². The van der Waals surface area contributed by atoms with E-state index in [1.54, 1.807) is 0 Å². The first-order chi connectivity index (χ1) is 36.0. The summed E-state index contributed by atoms with van der Waals surface area (Å²) in [5.41, 5.74) is 0. The SMILES string of the molecule is CC/C=C\C/C=C\C/C=C\C/C=C\C/C=C\C/C=C\CCC(=O)OC[C@H](COC(=O)CCCCCCCCCCC/C=C\CCCCCCCC)OC(=O)CCC/C=C\C/C=C\C/C=C\C/C=C\CCCCC. The zero-order valence-electron chi connectivity index (χ0n) is 47.1. The van der Waals surface area contributed by atoms with Crippen molar-refractivity contribution >= 4 is 17.9 Å². The molecule has 0 N–H and O–H groups in total. The minimum absolute atomic E-state index is 0.128. The highest BCUT2D eigenvalue weighted by Crippen LogP contribution is 2.14. The maximum atomic E-state index is 12.8. The molecule has 6 heteroatoms. The van der Waals surface area contributed by atoms with Crippen molar-refractivity contribution in [3.05, 3.63) is 134 Å². The number of carbonyl (C=O) groups excluding carboxylic acids is 3. The van der Waals surface area contributed by atoms with Crippen LogP contribution in [0.15, 0.2) is 134 Å². The highest BCUT2D eigenvalue weighted by atomic mass is 16.6. The van der Waals surface area contributed by atoms with Crippen LogP contribution in [-0.4, -0.2) is 37.2 Å². The molecule has 0 unspecified atom stereocenters. The molecule has 0 saturated carbocycles. The lowest BCUT2D eigenvalue weighted by molar-refractivity contribution is -0.166. The first-order valence-electron chi connectivity index (χ1n) is 29.7. The Morgan fingerprint density at radius 3 is 1.00 bits per heavy atom. The van der Waals surface area contributed by atoms with E-state index in [-0.39, 0.29) is 44.0 Å². The van der Waals surface area contributed by atoms with E-state index < -0.39 is 6.10 Å². The van der Waals surface area contributed by atoms with Gasteiger partial charge in [0.25, 0.3) is 0 Å². The highest BCUT2D eigenvalue weighted by Gasteiger charge is 2.19. The topological polar surface area (TPSA) is 78.9 Å². The van der Waals surface area contributed by atoms with E-state index in [9.17, 15) is 14.4 Å². The largest absolute Gasteiger partial charge is 0.462 e. The Hall–Kier alpha value is -4.45. The Labute approximate surface area is 449 Å². The summed E-state index contributed by atoms with van der Waals surface area (Å²) in [6.45, 7) is 6.38. The van der Waals surface area contributed by atoms with E-state index in [1.807, 2.05) is 12.2 Å². The summed E-state index contributed by atoms with van der Waals surface area (Å²) < 4.78 is 16.8. The van der Waals surface area contributed by atoms with Gasteiger partial charge in [-0.05, 0) is 122 Å². The van der Waals surface area contributed by atoms with E-state index >= 15 is 0 Å². The Morgan fingerprint density at radius 2 is 0.575 bits per heavy atom. The van der Waals surface area contributed by atoms with Crippen LogP contribution >= 0.6 is 0 Å². The molecule has 0 heterocycles. The van der Waals surface area contributed by atoms with Gasteiger partial charge in [0.2, 0.25) is 0 Å². The van der Waals surface area contributed by atoms with E-state index in [1.165, 1.54) is 116 Å². The van der Waals surface area contributed by atoms with Crippen LogP contribution in [0.4, 0.5) is 0 Å². The Balaban J connectivity index is 4.58. The number of ether oxygens (including phenoxy) is 3. The monoisotopic (exact) mass is 1010 g/mol. The van der Waals surface area contributed by atoms with Gasteiger partial charge < -0.3 is 14.2 Å². The highest BCUT2D eigenvalue weighted by molar-refractivity contribution is 5.71. The molecule has 0 aliphatic heterocycles. The van der Waals surface area contributed by atoms with Gasteiger partial charge in [-0.15, -0.1) is 0 Å². The summed E-state index contributed by atoms with van der Waals surface area (Å²) in [4.78, 5) is 38.2. The number of esters is 3. The molecule has 0 aliphatic carbocycles. The van der Waals surface area contributed by atoms with Crippen molar-refractivity contribution in [1.29, 1.82) is 0 Å².